The second-order valence-corrected chi connectivity index (χ2v) is 6.41. The molecule has 24 heavy (non-hydrogen) atoms. The van der Waals surface area contributed by atoms with Gasteiger partial charge in [-0.3, -0.25) is 4.79 Å². The summed E-state index contributed by atoms with van der Waals surface area (Å²) in [7, 11) is 0. The first-order valence-corrected chi connectivity index (χ1v) is 8.60. The number of halogens is 1. The minimum absolute atomic E-state index is 0.0435. The van der Waals surface area contributed by atoms with Crippen molar-refractivity contribution in [2.24, 2.45) is 5.73 Å². The summed E-state index contributed by atoms with van der Waals surface area (Å²) in [6.07, 6.45) is 4.09. The number of nitrogens with zero attached hydrogens (tertiary/aromatic N) is 1. The van der Waals surface area contributed by atoms with Crippen LogP contribution in [0.3, 0.4) is 0 Å². The number of carbonyl (C=O) groups is 1. The Morgan fingerprint density at radius 2 is 1.96 bits per heavy atom. The van der Waals surface area contributed by atoms with Gasteiger partial charge < -0.3 is 15.5 Å². The minimum atomic E-state index is -0.333. The highest BCUT2D eigenvalue weighted by atomic mass is 35.5. The number of oxazole rings is 1. The lowest BCUT2D eigenvalue weighted by molar-refractivity contribution is -0.121. The summed E-state index contributed by atoms with van der Waals surface area (Å²) in [6, 6.07) is 7.34. The second-order valence-electron chi connectivity index (χ2n) is 5.97. The van der Waals surface area contributed by atoms with E-state index in [2.05, 4.69) is 10.3 Å². The summed E-state index contributed by atoms with van der Waals surface area (Å²) in [5.41, 5.74) is 6.75. The molecular formula is C18H24ClN3O2. The Kier molecular flexibility index (Phi) is 6.40. The van der Waals surface area contributed by atoms with Crippen molar-refractivity contribution in [1.29, 1.82) is 0 Å². The van der Waals surface area contributed by atoms with Gasteiger partial charge in [0.15, 0.2) is 11.7 Å². The number of nitrogens with two attached hydrogens (primary N) is 1. The predicted octanol–water partition coefficient (Wildman–Crippen LogP) is 3.56. The number of hydrogen-bond donors (Lipinski definition) is 2. The van der Waals surface area contributed by atoms with Crippen molar-refractivity contribution in [2.45, 2.75) is 45.1 Å². The molecule has 0 saturated heterocycles. The van der Waals surface area contributed by atoms with Crippen LogP contribution in [-0.4, -0.2) is 23.0 Å². The number of aryl methyl sites for hydroxylation is 1. The molecule has 0 atom stereocenters. The first-order valence-electron chi connectivity index (χ1n) is 8.22. The van der Waals surface area contributed by atoms with Crippen LogP contribution >= 0.6 is 11.6 Å². The zero-order chi connectivity index (χ0) is 17.6. The van der Waals surface area contributed by atoms with Gasteiger partial charge in [-0.1, -0.05) is 25.4 Å². The van der Waals surface area contributed by atoms with E-state index < -0.39 is 0 Å². The van der Waals surface area contributed by atoms with Crippen LogP contribution < -0.4 is 11.1 Å². The Labute approximate surface area is 147 Å². The van der Waals surface area contributed by atoms with E-state index >= 15 is 0 Å². The van der Waals surface area contributed by atoms with Gasteiger partial charge in [-0.2, -0.15) is 0 Å². The minimum Gasteiger partial charge on any atom is -0.441 e. The van der Waals surface area contributed by atoms with Crippen molar-refractivity contribution in [2.75, 3.05) is 6.54 Å². The highest BCUT2D eigenvalue weighted by molar-refractivity contribution is 6.30. The normalized spacial score (nSPS) is 11.5. The average Bonchev–Trinajstić information content (AvgIpc) is 3.07. The SMILES string of the molecule is CCC(N)(CC)CNC(=O)CCc1ncc(-c2ccc(Cl)cc2)o1. The van der Waals surface area contributed by atoms with E-state index in [1.54, 1.807) is 18.3 Å². The van der Waals surface area contributed by atoms with E-state index in [0.717, 1.165) is 18.4 Å². The summed E-state index contributed by atoms with van der Waals surface area (Å²) in [5.74, 6) is 1.16. The second kappa shape index (κ2) is 8.31. The van der Waals surface area contributed by atoms with Gasteiger partial charge in [-0.05, 0) is 37.1 Å². The molecule has 3 N–H and O–H groups in total. The number of aromatic nitrogens is 1. The summed E-state index contributed by atoms with van der Waals surface area (Å²) in [4.78, 5) is 16.2. The van der Waals surface area contributed by atoms with Crippen LogP contribution in [0.5, 0.6) is 0 Å². The van der Waals surface area contributed by atoms with E-state index in [1.807, 2.05) is 26.0 Å². The van der Waals surface area contributed by atoms with Crippen molar-refractivity contribution in [3.8, 4) is 11.3 Å². The zero-order valence-electron chi connectivity index (χ0n) is 14.1. The number of benzene rings is 1. The van der Waals surface area contributed by atoms with Crippen LogP contribution in [0.1, 0.15) is 39.0 Å². The highest BCUT2D eigenvalue weighted by Gasteiger charge is 2.20. The molecule has 130 valence electrons. The van der Waals surface area contributed by atoms with E-state index in [4.69, 9.17) is 21.8 Å². The fourth-order valence-corrected chi connectivity index (χ4v) is 2.38. The molecule has 0 unspecified atom stereocenters. The fourth-order valence-electron chi connectivity index (χ4n) is 2.26. The maximum atomic E-state index is 12.0. The largest absolute Gasteiger partial charge is 0.441 e. The lowest BCUT2D eigenvalue weighted by Gasteiger charge is -2.26. The van der Waals surface area contributed by atoms with Crippen LogP contribution in [0.25, 0.3) is 11.3 Å². The van der Waals surface area contributed by atoms with Gasteiger partial charge in [-0.15, -0.1) is 0 Å². The number of carbonyl (C=O) groups excluding carboxylic acids is 1. The molecule has 0 fully saturated rings. The van der Waals surface area contributed by atoms with Crippen molar-refractivity contribution < 1.29 is 9.21 Å². The Hall–Kier alpha value is -1.85. The Bertz CT molecular complexity index is 663. The third-order valence-corrected chi connectivity index (χ3v) is 4.55. The van der Waals surface area contributed by atoms with Gasteiger partial charge in [0.1, 0.15) is 0 Å². The van der Waals surface area contributed by atoms with Gasteiger partial charge in [0.05, 0.1) is 6.20 Å². The molecule has 5 nitrogen and oxygen atoms in total. The molecule has 0 spiro atoms. The third-order valence-electron chi connectivity index (χ3n) is 4.29. The standard InChI is InChI=1S/C18H24ClN3O2/c1-3-18(20,4-2)12-22-16(23)9-10-17-21-11-15(24-17)13-5-7-14(19)8-6-13/h5-8,11H,3-4,9-10,12,20H2,1-2H3,(H,22,23). The molecule has 1 heterocycles. The van der Waals surface area contributed by atoms with Gasteiger partial charge in [0.2, 0.25) is 5.91 Å². The number of amides is 1. The molecule has 0 aliphatic rings. The van der Waals surface area contributed by atoms with Gasteiger partial charge in [-0.25, -0.2) is 4.98 Å². The first-order chi connectivity index (χ1) is 11.5. The monoisotopic (exact) mass is 349 g/mol. The van der Waals surface area contributed by atoms with Crippen LogP contribution in [-0.2, 0) is 11.2 Å². The Morgan fingerprint density at radius 3 is 2.58 bits per heavy atom. The van der Waals surface area contributed by atoms with E-state index in [1.165, 1.54) is 0 Å². The van der Waals surface area contributed by atoms with Crippen LogP contribution in [0, 0.1) is 0 Å². The lowest BCUT2D eigenvalue weighted by Crippen LogP contribution is -2.49. The predicted molar refractivity (Wildman–Crippen MR) is 95.8 cm³/mol. The molecule has 0 aliphatic carbocycles. The molecule has 6 heteroatoms. The van der Waals surface area contributed by atoms with Crippen LogP contribution in [0.2, 0.25) is 5.02 Å². The van der Waals surface area contributed by atoms with E-state index in [-0.39, 0.29) is 11.4 Å². The molecule has 2 aromatic rings. The maximum Gasteiger partial charge on any atom is 0.220 e. The van der Waals surface area contributed by atoms with Crippen molar-refractivity contribution in [3.05, 3.63) is 41.4 Å². The Balaban J connectivity index is 1.84. The maximum absolute atomic E-state index is 12.0. The summed E-state index contributed by atoms with van der Waals surface area (Å²) in [5, 5.41) is 3.56. The van der Waals surface area contributed by atoms with Crippen LogP contribution in [0.15, 0.2) is 34.9 Å². The topological polar surface area (TPSA) is 81.1 Å². The third kappa shape index (κ3) is 5.08. The first kappa shape index (κ1) is 18.5. The molecule has 1 amide bonds. The lowest BCUT2D eigenvalue weighted by atomic mass is 9.94. The van der Waals surface area contributed by atoms with E-state index in [0.29, 0.717) is 36.1 Å². The molecule has 1 aromatic heterocycles. The number of nitrogens with one attached hydrogen (secondary N) is 1. The summed E-state index contributed by atoms with van der Waals surface area (Å²) >= 11 is 5.87. The number of rotatable bonds is 8. The van der Waals surface area contributed by atoms with E-state index in [9.17, 15) is 4.79 Å². The molecule has 0 saturated carbocycles. The van der Waals surface area contributed by atoms with Gasteiger partial charge in [0.25, 0.3) is 0 Å². The van der Waals surface area contributed by atoms with Crippen molar-refractivity contribution in [1.82, 2.24) is 10.3 Å². The smallest absolute Gasteiger partial charge is 0.220 e. The quantitative estimate of drug-likeness (QED) is 0.763. The van der Waals surface area contributed by atoms with Crippen LogP contribution in [0.4, 0.5) is 0 Å². The molecule has 0 aliphatic heterocycles. The fraction of sp³-hybridized carbons (Fsp3) is 0.444. The van der Waals surface area contributed by atoms with Gasteiger partial charge >= 0.3 is 0 Å². The van der Waals surface area contributed by atoms with Crippen molar-refractivity contribution in [3.63, 3.8) is 0 Å². The molecule has 0 radical (unpaired) electrons. The zero-order valence-corrected chi connectivity index (χ0v) is 14.9. The molecule has 1 aromatic carbocycles. The highest BCUT2D eigenvalue weighted by Crippen LogP contribution is 2.22. The molecule has 2 rings (SSSR count). The molecule has 0 bridgehead atoms. The average molecular weight is 350 g/mol. The molecular weight excluding hydrogens is 326 g/mol. The Morgan fingerprint density at radius 1 is 1.29 bits per heavy atom. The summed E-state index contributed by atoms with van der Waals surface area (Å²) in [6.45, 7) is 4.54. The summed E-state index contributed by atoms with van der Waals surface area (Å²) < 4.78 is 5.69. The van der Waals surface area contributed by atoms with Crippen molar-refractivity contribution >= 4 is 17.5 Å². The van der Waals surface area contributed by atoms with Gasteiger partial charge in [0, 0.05) is 35.5 Å². The number of hydrogen-bond acceptors (Lipinski definition) is 4.